The number of phenolic OH excluding ortho intramolecular Hbond substituents is 2. The van der Waals surface area contributed by atoms with Gasteiger partial charge < -0.3 is 20.8 Å². The number of hydrogen-bond acceptors (Lipinski definition) is 10. The van der Waals surface area contributed by atoms with Crippen LogP contribution in [0, 0.1) is 0 Å². The third kappa shape index (κ3) is 4.92. The van der Waals surface area contributed by atoms with Crippen LogP contribution >= 0.6 is 0 Å². The van der Waals surface area contributed by atoms with Gasteiger partial charge in [0.25, 0.3) is 5.91 Å². The van der Waals surface area contributed by atoms with Gasteiger partial charge in [0, 0.05) is 11.6 Å². The Balaban J connectivity index is 1.57. The van der Waals surface area contributed by atoms with Crippen molar-refractivity contribution >= 4 is 17.9 Å². The third-order valence-electron chi connectivity index (χ3n) is 5.81. The fraction of sp³-hybridized carbons (Fsp3) is 0.400. The Morgan fingerprint density at radius 1 is 1.33 bits per heavy atom. The first kappa shape index (κ1) is 22.2. The quantitative estimate of drug-likeness (QED) is 0.236. The van der Waals surface area contributed by atoms with Gasteiger partial charge in [-0.25, -0.2) is 10.1 Å². The molecule has 13 heteroatoms. The van der Waals surface area contributed by atoms with Crippen molar-refractivity contribution in [2.45, 2.75) is 44.7 Å². The highest BCUT2D eigenvalue weighted by molar-refractivity contribution is 5.94. The Kier molecular flexibility index (Phi) is 6.49. The second-order valence-electron chi connectivity index (χ2n) is 8.07. The van der Waals surface area contributed by atoms with Crippen LogP contribution in [-0.2, 0) is 6.54 Å². The SMILES string of the molecule is C[NH+](Cc1c(C(=O)N/N=C/c2ccc(O)cc2O)nnn1-c1nonc1N)C1CCCCC1. The van der Waals surface area contributed by atoms with Gasteiger partial charge in [-0.3, -0.25) is 4.79 Å². The molecule has 1 unspecified atom stereocenters. The number of rotatable bonds is 7. The highest BCUT2D eigenvalue weighted by Gasteiger charge is 2.29. The lowest BCUT2D eigenvalue weighted by molar-refractivity contribution is -0.921. The molecule has 13 nitrogen and oxygen atoms in total. The lowest BCUT2D eigenvalue weighted by Crippen LogP contribution is -3.11. The van der Waals surface area contributed by atoms with E-state index in [9.17, 15) is 15.0 Å². The van der Waals surface area contributed by atoms with Gasteiger partial charge in [0.1, 0.15) is 23.7 Å². The molecule has 174 valence electrons. The van der Waals surface area contributed by atoms with Crippen molar-refractivity contribution in [2.75, 3.05) is 12.8 Å². The minimum absolute atomic E-state index is 0.0317. The summed E-state index contributed by atoms with van der Waals surface area (Å²) in [5.41, 5.74) is 9.13. The number of amides is 1. The Labute approximate surface area is 188 Å². The Morgan fingerprint density at radius 3 is 2.82 bits per heavy atom. The fourth-order valence-electron chi connectivity index (χ4n) is 4.00. The molecule has 1 amide bonds. The summed E-state index contributed by atoms with van der Waals surface area (Å²) in [4.78, 5) is 14.1. The van der Waals surface area contributed by atoms with Crippen molar-refractivity contribution in [1.82, 2.24) is 30.7 Å². The molecule has 6 N–H and O–H groups in total. The molecule has 2 aromatic heterocycles. The molecule has 4 rings (SSSR count). The summed E-state index contributed by atoms with van der Waals surface area (Å²) in [6.45, 7) is 0.454. The first-order valence-corrected chi connectivity index (χ1v) is 10.6. The minimum atomic E-state index is -0.586. The topological polar surface area (TPSA) is 182 Å². The van der Waals surface area contributed by atoms with Gasteiger partial charge in [0.2, 0.25) is 11.6 Å². The molecular weight excluding hydrogens is 430 g/mol. The minimum Gasteiger partial charge on any atom is -0.508 e. The molecule has 1 aliphatic rings. The van der Waals surface area contributed by atoms with Crippen molar-refractivity contribution in [3.63, 3.8) is 0 Å². The number of anilines is 1. The number of nitrogens with one attached hydrogen (secondary N) is 2. The molecule has 0 saturated heterocycles. The van der Waals surface area contributed by atoms with E-state index in [0.29, 0.717) is 23.8 Å². The summed E-state index contributed by atoms with van der Waals surface area (Å²) < 4.78 is 6.06. The van der Waals surface area contributed by atoms with E-state index < -0.39 is 5.91 Å². The molecule has 0 aliphatic heterocycles. The molecule has 1 saturated carbocycles. The molecule has 33 heavy (non-hydrogen) atoms. The number of nitrogens with two attached hydrogens (primary N) is 1. The number of carbonyl (C=O) groups is 1. The second kappa shape index (κ2) is 9.65. The van der Waals surface area contributed by atoms with Crippen molar-refractivity contribution in [3.05, 3.63) is 35.2 Å². The molecular formula is C20H26N9O4+. The number of phenols is 2. The number of hydrazone groups is 1. The zero-order chi connectivity index (χ0) is 23.4. The average Bonchev–Trinajstić information content (AvgIpc) is 3.41. The number of carbonyl (C=O) groups excluding carboxylic acids is 1. The van der Waals surface area contributed by atoms with E-state index in [1.165, 1.54) is 53.3 Å². The van der Waals surface area contributed by atoms with Crippen molar-refractivity contribution in [2.24, 2.45) is 5.10 Å². The molecule has 0 bridgehead atoms. The third-order valence-corrected chi connectivity index (χ3v) is 5.81. The number of aromatic nitrogens is 5. The first-order chi connectivity index (χ1) is 15.9. The van der Waals surface area contributed by atoms with Gasteiger partial charge in [-0.05, 0) is 48.1 Å². The summed E-state index contributed by atoms with van der Waals surface area (Å²) >= 11 is 0. The van der Waals surface area contributed by atoms with E-state index in [2.05, 4.69) is 38.2 Å². The molecule has 1 atom stereocenters. The highest BCUT2D eigenvalue weighted by Crippen LogP contribution is 2.21. The van der Waals surface area contributed by atoms with E-state index in [-0.39, 0.29) is 28.8 Å². The number of quaternary nitrogens is 1. The molecule has 0 radical (unpaired) electrons. The van der Waals surface area contributed by atoms with Gasteiger partial charge in [0.15, 0.2) is 5.69 Å². The standard InChI is InChI=1S/C20H25N9O4/c1-28(13-5-3-2-4-6-13)11-15-17(23-27-29(15)19-18(21)25-33-26-19)20(32)24-22-10-12-7-8-14(30)9-16(12)31/h7-10,13,30-31H,2-6,11H2,1H3,(H2,21,25)(H,24,32)/p+1/b22-10+. The van der Waals surface area contributed by atoms with Crippen LogP contribution in [0.15, 0.2) is 27.9 Å². The lowest BCUT2D eigenvalue weighted by atomic mass is 9.94. The van der Waals surface area contributed by atoms with E-state index in [4.69, 9.17) is 10.4 Å². The zero-order valence-electron chi connectivity index (χ0n) is 18.1. The lowest BCUT2D eigenvalue weighted by Gasteiger charge is -2.28. The first-order valence-electron chi connectivity index (χ1n) is 10.6. The fourth-order valence-corrected chi connectivity index (χ4v) is 4.00. The monoisotopic (exact) mass is 456 g/mol. The van der Waals surface area contributed by atoms with Crippen LogP contribution in [0.25, 0.3) is 5.82 Å². The van der Waals surface area contributed by atoms with Crippen LogP contribution in [0.2, 0.25) is 0 Å². The molecule has 3 aromatic rings. The van der Waals surface area contributed by atoms with Crippen molar-refractivity contribution in [3.8, 4) is 17.3 Å². The Morgan fingerprint density at radius 2 is 2.12 bits per heavy atom. The molecule has 2 heterocycles. The van der Waals surface area contributed by atoms with Crippen molar-refractivity contribution < 1.29 is 24.5 Å². The van der Waals surface area contributed by atoms with Crippen LogP contribution in [0.5, 0.6) is 11.5 Å². The molecule has 1 fully saturated rings. The van der Waals surface area contributed by atoms with Crippen LogP contribution in [0.1, 0.15) is 53.8 Å². The number of aromatic hydroxyl groups is 2. The zero-order valence-corrected chi connectivity index (χ0v) is 18.1. The highest BCUT2D eigenvalue weighted by atomic mass is 16.6. The molecule has 1 aliphatic carbocycles. The number of benzene rings is 1. The predicted octanol–water partition coefficient (Wildman–Crippen LogP) is -0.245. The summed E-state index contributed by atoms with van der Waals surface area (Å²) in [5.74, 6) is -0.653. The van der Waals surface area contributed by atoms with Crippen molar-refractivity contribution in [1.29, 1.82) is 0 Å². The maximum Gasteiger partial charge on any atom is 0.294 e. The second-order valence-corrected chi connectivity index (χ2v) is 8.07. The van der Waals surface area contributed by atoms with Gasteiger partial charge >= 0.3 is 0 Å². The normalized spacial score (nSPS) is 15.7. The maximum atomic E-state index is 12.9. The van der Waals surface area contributed by atoms with E-state index >= 15 is 0 Å². The summed E-state index contributed by atoms with van der Waals surface area (Å²) in [6.07, 6.45) is 7.10. The largest absolute Gasteiger partial charge is 0.508 e. The number of nitrogens with zero attached hydrogens (tertiary/aromatic N) is 6. The smallest absolute Gasteiger partial charge is 0.294 e. The van der Waals surface area contributed by atoms with Gasteiger partial charge in [-0.2, -0.15) is 9.78 Å². The van der Waals surface area contributed by atoms with Gasteiger partial charge in [-0.15, -0.1) is 5.10 Å². The van der Waals surface area contributed by atoms with Gasteiger partial charge in [0.05, 0.1) is 19.3 Å². The number of hydrogen-bond donors (Lipinski definition) is 5. The summed E-state index contributed by atoms with van der Waals surface area (Å²) in [7, 11) is 2.07. The van der Waals surface area contributed by atoms with E-state index in [1.54, 1.807) is 0 Å². The Bertz CT molecular complexity index is 1150. The number of nitrogen functional groups attached to an aromatic ring is 1. The van der Waals surface area contributed by atoms with Gasteiger partial charge in [-0.1, -0.05) is 11.6 Å². The van der Waals surface area contributed by atoms with Crippen LogP contribution in [0.4, 0.5) is 5.82 Å². The molecule has 0 spiro atoms. The van der Waals surface area contributed by atoms with E-state index in [0.717, 1.165) is 12.8 Å². The summed E-state index contributed by atoms with van der Waals surface area (Å²) in [6, 6.07) is 4.49. The summed E-state index contributed by atoms with van der Waals surface area (Å²) in [5, 5.41) is 38.6. The maximum absolute atomic E-state index is 12.9. The van der Waals surface area contributed by atoms with Crippen LogP contribution in [-0.4, -0.2) is 60.7 Å². The predicted molar refractivity (Wildman–Crippen MR) is 116 cm³/mol. The van der Waals surface area contributed by atoms with Crippen LogP contribution < -0.4 is 16.1 Å². The van der Waals surface area contributed by atoms with Crippen LogP contribution in [0.3, 0.4) is 0 Å². The molecule has 1 aromatic carbocycles. The Hall–Kier alpha value is -4.00. The van der Waals surface area contributed by atoms with E-state index in [1.807, 2.05) is 0 Å². The average molecular weight is 456 g/mol.